The molecule has 0 N–H and O–H groups in total. The van der Waals surface area contributed by atoms with E-state index >= 15 is 0 Å². The van der Waals surface area contributed by atoms with Crippen LogP contribution in [0.2, 0.25) is 0 Å². The van der Waals surface area contributed by atoms with E-state index in [-0.39, 0.29) is 0 Å². The Labute approximate surface area is 171 Å². The van der Waals surface area contributed by atoms with Crippen molar-refractivity contribution in [1.82, 2.24) is 24.8 Å². The average molecular weight is 393 g/mol. The summed E-state index contributed by atoms with van der Waals surface area (Å²) in [6.45, 7) is 6.81. The molecule has 1 saturated carbocycles. The van der Waals surface area contributed by atoms with E-state index in [0.29, 0.717) is 24.3 Å². The largest absolute Gasteiger partial charge is 0.476 e. The van der Waals surface area contributed by atoms with E-state index in [2.05, 4.69) is 33.1 Å². The molecule has 2 aliphatic rings. The number of fused-ring (bicyclic) bond motifs is 1. The van der Waals surface area contributed by atoms with Crippen molar-refractivity contribution in [3.05, 3.63) is 41.5 Å². The van der Waals surface area contributed by atoms with Crippen LogP contribution in [0.5, 0.6) is 5.88 Å². The van der Waals surface area contributed by atoms with E-state index in [1.165, 1.54) is 24.1 Å². The summed E-state index contributed by atoms with van der Waals surface area (Å²) in [7, 11) is 0. The lowest BCUT2D eigenvalue weighted by Crippen LogP contribution is -2.36. The van der Waals surface area contributed by atoms with Crippen molar-refractivity contribution in [2.45, 2.75) is 51.9 Å². The molecular formula is C22H28N6O. The molecule has 152 valence electrons. The minimum atomic E-state index is 0.533. The maximum Gasteiger partial charge on any atom is 0.233 e. The van der Waals surface area contributed by atoms with E-state index in [4.69, 9.17) is 9.84 Å². The highest BCUT2D eigenvalue weighted by atomic mass is 16.5. The molecule has 0 bridgehead atoms. The first-order chi connectivity index (χ1) is 14.2. The van der Waals surface area contributed by atoms with Gasteiger partial charge in [0.25, 0.3) is 0 Å². The monoisotopic (exact) mass is 392 g/mol. The summed E-state index contributed by atoms with van der Waals surface area (Å²) in [4.78, 5) is 7.08. The SMILES string of the molecule is CCc1cc(OCC2CCN(c3nccn4nc(C5CC5)cc34)CC2)nnc1C. The summed E-state index contributed by atoms with van der Waals surface area (Å²) >= 11 is 0. The third kappa shape index (κ3) is 3.78. The van der Waals surface area contributed by atoms with Crippen molar-refractivity contribution in [2.24, 2.45) is 5.92 Å². The number of nitrogens with zero attached hydrogens (tertiary/aromatic N) is 6. The van der Waals surface area contributed by atoms with Gasteiger partial charge in [0.1, 0.15) is 5.52 Å². The fourth-order valence-electron chi connectivity index (χ4n) is 4.16. The van der Waals surface area contributed by atoms with Crippen molar-refractivity contribution in [3.63, 3.8) is 0 Å². The van der Waals surface area contributed by atoms with Gasteiger partial charge in [-0.3, -0.25) is 0 Å². The number of rotatable bonds is 6. The second-order valence-corrected chi connectivity index (χ2v) is 8.31. The number of piperidine rings is 1. The second-order valence-electron chi connectivity index (χ2n) is 8.31. The number of anilines is 1. The Balaban J connectivity index is 1.21. The number of aromatic nitrogens is 5. The van der Waals surface area contributed by atoms with Crippen LogP contribution < -0.4 is 9.64 Å². The summed E-state index contributed by atoms with van der Waals surface area (Å²) in [5.41, 5.74) is 4.54. The Morgan fingerprint density at radius 2 is 1.93 bits per heavy atom. The van der Waals surface area contributed by atoms with E-state index in [0.717, 1.165) is 49.4 Å². The number of aryl methyl sites for hydroxylation is 2. The number of hydrogen-bond donors (Lipinski definition) is 0. The Hall–Kier alpha value is -2.70. The molecule has 7 nitrogen and oxygen atoms in total. The third-order valence-electron chi connectivity index (χ3n) is 6.21. The average Bonchev–Trinajstić information content (AvgIpc) is 3.51. The molecule has 7 heteroatoms. The molecule has 2 fully saturated rings. The molecule has 0 amide bonds. The molecule has 29 heavy (non-hydrogen) atoms. The van der Waals surface area contributed by atoms with E-state index in [9.17, 15) is 0 Å². The molecule has 0 spiro atoms. The summed E-state index contributed by atoms with van der Waals surface area (Å²) in [6, 6.07) is 4.26. The van der Waals surface area contributed by atoms with Crippen molar-refractivity contribution < 1.29 is 4.74 Å². The molecule has 1 aliphatic carbocycles. The van der Waals surface area contributed by atoms with E-state index in [1.807, 2.05) is 29.9 Å². The molecule has 0 unspecified atom stereocenters. The van der Waals surface area contributed by atoms with Gasteiger partial charge in [0.15, 0.2) is 5.82 Å². The summed E-state index contributed by atoms with van der Waals surface area (Å²) in [5.74, 6) is 2.89. The van der Waals surface area contributed by atoms with Gasteiger partial charge in [-0.15, -0.1) is 5.10 Å². The molecule has 1 saturated heterocycles. The van der Waals surface area contributed by atoms with Crippen LogP contribution in [-0.4, -0.2) is 44.5 Å². The van der Waals surface area contributed by atoms with Gasteiger partial charge in [0.05, 0.1) is 18.0 Å². The molecule has 3 aromatic heterocycles. The predicted octanol–water partition coefficient (Wildman–Crippen LogP) is 3.56. The van der Waals surface area contributed by atoms with E-state index in [1.54, 1.807) is 0 Å². The highest BCUT2D eigenvalue weighted by Crippen LogP contribution is 2.40. The minimum absolute atomic E-state index is 0.533. The Bertz CT molecular complexity index is 1000. The topological polar surface area (TPSA) is 68.4 Å². The summed E-state index contributed by atoms with van der Waals surface area (Å²) in [6.07, 6.45) is 9.48. The molecule has 3 aromatic rings. The van der Waals surface area contributed by atoms with Crippen LogP contribution in [0.4, 0.5) is 5.82 Å². The minimum Gasteiger partial charge on any atom is -0.476 e. The van der Waals surface area contributed by atoms with Gasteiger partial charge < -0.3 is 9.64 Å². The lowest BCUT2D eigenvalue weighted by atomic mass is 9.98. The molecule has 4 heterocycles. The van der Waals surface area contributed by atoms with Crippen LogP contribution in [0.15, 0.2) is 24.5 Å². The zero-order valence-electron chi connectivity index (χ0n) is 17.2. The second kappa shape index (κ2) is 7.61. The summed E-state index contributed by atoms with van der Waals surface area (Å²) in [5, 5.41) is 13.1. The van der Waals surface area contributed by atoms with Crippen molar-refractivity contribution in [3.8, 4) is 5.88 Å². The third-order valence-corrected chi connectivity index (χ3v) is 6.21. The lowest BCUT2D eigenvalue weighted by Gasteiger charge is -2.32. The molecule has 0 atom stereocenters. The van der Waals surface area contributed by atoms with Gasteiger partial charge in [-0.25, -0.2) is 9.50 Å². The zero-order chi connectivity index (χ0) is 19.8. The van der Waals surface area contributed by atoms with Crippen LogP contribution in [-0.2, 0) is 6.42 Å². The van der Waals surface area contributed by atoms with Crippen LogP contribution in [0, 0.1) is 12.8 Å². The highest BCUT2D eigenvalue weighted by molar-refractivity contribution is 5.69. The highest BCUT2D eigenvalue weighted by Gasteiger charge is 2.28. The van der Waals surface area contributed by atoms with E-state index < -0.39 is 0 Å². The fourth-order valence-corrected chi connectivity index (χ4v) is 4.16. The molecule has 1 aliphatic heterocycles. The lowest BCUT2D eigenvalue weighted by molar-refractivity contribution is 0.214. The molecule has 5 rings (SSSR count). The van der Waals surface area contributed by atoms with Crippen molar-refractivity contribution >= 4 is 11.3 Å². The number of ether oxygens (including phenoxy) is 1. The Morgan fingerprint density at radius 1 is 1.10 bits per heavy atom. The maximum atomic E-state index is 5.97. The van der Waals surface area contributed by atoms with Gasteiger partial charge in [-0.1, -0.05) is 6.92 Å². The Kier molecular flexibility index (Phi) is 4.81. The van der Waals surface area contributed by atoms with Crippen LogP contribution in [0.1, 0.15) is 55.5 Å². The fraction of sp³-hybridized carbons (Fsp3) is 0.545. The van der Waals surface area contributed by atoms with Gasteiger partial charge >= 0.3 is 0 Å². The van der Waals surface area contributed by atoms with Crippen LogP contribution in [0.3, 0.4) is 0 Å². The Morgan fingerprint density at radius 3 is 2.69 bits per heavy atom. The first-order valence-corrected chi connectivity index (χ1v) is 10.8. The maximum absolute atomic E-state index is 5.97. The van der Waals surface area contributed by atoms with Gasteiger partial charge in [0, 0.05) is 37.5 Å². The molecule has 0 radical (unpaired) electrons. The predicted molar refractivity (Wildman–Crippen MR) is 112 cm³/mol. The normalized spacial score (nSPS) is 17.8. The molecular weight excluding hydrogens is 364 g/mol. The quantitative estimate of drug-likeness (QED) is 0.639. The van der Waals surface area contributed by atoms with Gasteiger partial charge in [0.2, 0.25) is 5.88 Å². The van der Waals surface area contributed by atoms with Crippen LogP contribution >= 0.6 is 0 Å². The zero-order valence-corrected chi connectivity index (χ0v) is 17.2. The first-order valence-electron chi connectivity index (χ1n) is 10.8. The van der Waals surface area contributed by atoms with Crippen molar-refractivity contribution in [1.29, 1.82) is 0 Å². The van der Waals surface area contributed by atoms with Crippen LogP contribution in [0.25, 0.3) is 5.52 Å². The molecule has 0 aromatic carbocycles. The smallest absolute Gasteiger partial charge is 0.233 e. The summed E-state index contributed by atoms with van der Waals surface area (Å²) < 4.78 is 7.96. The standard InChI is InChI=1S/C22H28N6O/c1-3-17-12-21(25-24-15(17)2)29-14-16-6-9-27(10-7-16)22-20-13-19(18-4-5-18)26-28(20)11-8-23-22/h8,11-13,16,18H,3-7,9-10,14H2,1-2H3. The first kappa shape index (κ1) is 18.3. The number of hydrogen-bond acceptors (Lipinski definition) is 6. The van der Waals surface area contributed by atoms with Gasteiger partial charge in [-0.2, -0.15) is 10.2 Å². The van der Waals surface area contributed by atoms with Crippen molar-refractivity contribution in [2.75, 3.05) is 24.6 Å². The van der Waals surface area contributed by atoms with Gasteiger partial charge in [-0.05, 0) is 56.6 Å².